The molecule has 8 aromatic rings. The first-order valence-corrected chi connectivity index (χ1v) is 43.8. The summed E-state index contributed by atoms with van der Waals surface area (Å²) < 4.78 is 26.6. The van der Waals surface area contributed by atoms with Gasteiger partial charge in [0, 0.05) is 71.4 Å². The highest BCUT2D eigenvalue weighted by Crippen LogP contribution is 2.44. The minimum atomic E-state index is 0.0632. The number of benzene rings is 8. The summed E-state index contributed by atoms with van der Waals surface area (Å²) in [4.78, 5) is 20.3. The Hall–Kier alpha value is -8.90. The van der Waals surface area contributed by atoms with Crippen LogP contribution in [0.2, 0.25) is 0 Å². The number of phenolic OH excluding ortho intramolecular Hbond substituents is 4. The van der Waals surface area contributed by atoms with Gasteiger partial charge in [-0.05, 0) is 95.5 Å². The van der Waals surface area contributed by atoms with Crippen molar-refractivity contribution in [1.82, 2.24) is 0 Å². The lowest BCUT2D eigenvalue weighted by Crippen LogP contribution is -2.03. The second kappa shape index (κ2) is 53.2. The molecular weight excluding hydrogens is 1390 g/mol. The van der Waals surface area contributed by atoms with Crippen LogP contribution in [0.3, 0.4) is 0 Å². The van der Waals surface area contributed by atoms with Crippen LogP contribution in [0.25, 0.3) is 21.5 Å². The van der Waals surface area contributed by atoms with Gasteiger partial charge in [0.25, 0.3) is 0 Å². The van der Waals surface area contributed by atoms with Crippen LogP contribution in [0.15, 0.2) is 166 Å². The molecule has 0 atom stereocenters. The van der Waals surface area contributed by atoms with E-state index in [-0.39, 0.29) is 23.0 Å². The second-order valence-electron chi connectivity index (χ2n) is 31.0. The maximum Gasteiger partial charge on any atom is 0.163 e. The van der Waals surface area contributed by atoms with Crippen LogP contribution in [0.1, 0.15) is 318 Å². The van der Waals surface area contributed by atoms with E-state index in [4.69, 9.17) is 38.9 Å². The van der Waals surface area contributed by atoms with E-state index >= 15 is 0 Å². The van der Waals surface area contributed by atoms with Gasteiger partial charge in [0.2, 0.25) is 0 Å². The SMILES string of the molecule is C=C(Cc1cccc(C=Nc2cc(OCCCCCCCCCCCC)c(OCCCCCCCCCCCC)cc2N=Cc2c(O)ccc3ccccc23)c1O)Cc1cccc(C=Nc2cc(OCCCCCCCCCCCC)c(OCCCCCCCCCCCC)cc2N=Cc2c(O)ccc3ccccc23)c1O. The van der Waals surface area contributed by atoms with Crippen LogP contribution >= 0.6 is 0 Å². The molecule has 0 aliphatic rings. The second-order valence-corrected chi connectivity index (χ2v) is 31.0. The number of nitrogens with zero attached hydrogens (tertiary/aromatic N) is 4. The Morgan fingerprint density at radius 3 is 0.839 bits per heavy atom. The van der Waals surface area contributed by atoms with Crippen molar-refractivity contribution in [3.8, 4) is 46.0 Å². The molecule has 0 saturated carbocycles. The first kappa shape index (κ1) is 88.7. The molecule has 0 aliphatic carbocycles. The van der Waals surface area contributed by atoms with Crippen molar-refractivity contribution in [2.24, 2.45) is 20.0 Å². The van der Waals surface area contributed by atoms with E-state index in [1.165, 1.54) is 205 Å². The summed E-state index contributed by atoms with van der Waals surface area (Å²) in [6, 6.07) is 41.9. The molecule has 0 bridgehead atoms. The molecule has 0 aliphatic heterocycles. The molecule has 8 aromatic carbocycles. The third-order valence-electron chi connectivity index (χ3n) is 21.5. The first-order valence-electron chi connectivity index (χ1n) is 43.8. The summed E-state index contributed by atoms with van der Waals surface area (Å²) in [5, 5.41) is 50.5. The van der Waals surface area contributed by atoms with E-state index in [1.54, 1.807) is 37.0 Å². The van der Waals surface area contributed by atoms with Gasteiger partial charge < -0.3 is 39.4 Å². The molecule has 0 fully saturated rings. The number of allylic oxidation sites excluding steroid dienone is 1. The minimum absolute atomic E-state index is 0.0632. The number of ether oxygens (including phenoxy) is 4. The zero-order valence-electron chi connectivity index (χ0n) is 69.0. The topological polar surface area (TPSA) is 167 Å². The molecular formula is C100H136N4O8. The van der Waals surface area contributed by atoms with E-state index < -0.39 is 0 Å². The lowest BCUT2D eigenvalue weighted by atomic mass is 9.96. The molecule has 604 valence electrons. The van der Waals surface area contributed by atoms with Crippen molar-refractivity contribution in [3.05, 3.63) is 179 Å². The standard InChI is InChI=1S/C100H136N4O8/c1-6-10-14-18-22-26-30-34-38-46-64-109-95-70-89(91(103-76-87-85-58-44-42-52-79(85)60-62-93(87)105)72-97(95)111-66-48-40-36-32-28-24-20-16-12-8-3)101-74-83-56-50-54-81(99(83)107)68-78(5)69-82-55-51-57-84(100(82)108)75-102-90-71-96(110-65-47-39-35-31-27-23-19-15-11-7-2)98(112-67-49-41-37-33-29-25-21-17-13-9-4)73-92(90)104-77-88-86-59-45-43-53-80(86)61-63-94(88)106/h42-45,50-63,70-77,105-108H,5-41,46-49,64-69H2,1-4H3. The zero-order chi connectivity index (χ0) is 78.8. The van der Waals surface area contributed by atoms with E-state index in [9.17, 15) is 20.4 Å². The van der Waals surface area contributed by atoms with Crippen LogP contribution in [0, 0.1) is 0 Å². The van der Waals surface area contributed by atoms with Crippen molar-refractivity contribution in [3.63, 3.8) is 0 Å². The van der Waals surface area contributed by atoms with Gasteiger partial charge >= 0.3 is 0 Å². The fourth-order valence-corrected chi connectivity index (χ4v) is 14.7. The van der Waals surface area contributed by atoms with Gasteiger partial charge in [0.05, 0.1) is 49.2 Å². The molecule has 8 rings (SSSR count). The lowest BCUT2D eigenvalue weighted by Gasteiger charge is -2.16. The molecule has 0 amide bonds. The number of fused-ring (bicyclic) bond motifs is 2. The third kappa shape index (κ3) is 31.6. The van der Waals surface area contributed by atoms with Gasteiger partial charge in [0.15, 0.2) is 23.0 Å². The van der Waals surface area contributed by atoms with Crippen LogP contribution in [-0.2, 0) is 12.8 Å². The number of para-hydroxylation sites is 2. The summed E-state index contributed by atoms with van der Waals surface area (Å²) in [6.07, 6.45) is 56.3. The Balaban J connectivity index is 1.02. The van der Waals surface area contributed by atoms with Crippen LogP contribution < -0.4 is 18.9 Å². The average Bonchev–Trinajstić information content (AvgIpc) is 0.795. The highest BCUT2D eigenvalue weighted by molar-refractivity contribution is 6.05. The number of aromatic hydroxyl groups is 4. The molecule has 12 heteroatoms. The third-order valence-corrected chi connectivity index (χ3v) is 21.5. The quantitative estimate of drug-likeness (QED) is 0.0166. The number of hydrogen-bond donors (Lipinski definition) is 4. The van der Waals surface area contributed by atoms with E-state index in [1.807, 2.05) is 121 Å². The smallest absolute Gasteiger partial charge is 0.163 e. The molecule has 0 aromatic heterocycles. The Kier molecular flexibility index (Phi) is 42.1. The predicted molar refractivity (Wildman–Crippen MR) is 475 cm³/mol. The van der Waals surface area contributed by atoms with Gasteiger partial charge in [0.1, 0.15) is 23.0 Å². The molecule has 0 spiro atoms. The van der Waals surface area contributed by atoms with Crippen LogP contribution in [-0.4, -0.2) is 71.7 Å². The van der Waals surface area contributed by atoms with E-state index in [0.29, 0.717) is 118 Å². The van der Waals surface area contributed by atoms with Gasteiger partial charge in [-0.2, -0.15) is 0 Å². The highest BCUT2D eigenvalue weighted by atomic mass is 16.5. The molecule has 0 radical (unpaired) electrons. The largest absolute Gasteiger partial charge is 0.507 e. The van der Waals surface area contributed by atoms with E-state index in [2.05, 4.69) is 34.3 Å². The Morgan fingerprint density at radius 1 is 0.295 bits per heavy atom. The minimum Gasteiger partial charge on any atom is -0.507 e. The Labute approximate surface area is 673 Å². The van der Waals surface area contributed by atoms with Crippen molar-refractivity contribution in [2.45, 2.75) is 297 Å². The number of hydrogen-bond acceptors (Lipinski definition) is 12. The zero-order valence-corrected chi connectivity index (χ0v) is 69.0. The molecule has 4 N–H and O–H groups in total. The van der Waals surface area contributed by atoms with Gasteiger partial charge in [-0.1, -0.05) is 356 Å². The number of aliphatic imine (C=N–C) groups is 4. The lowest BCUT2D eigenvalue weighted by molar-refractivity contribution is 0.258. The number of phenols is 4. The maximum absolute atomic E-state index is 12.1. The van der Waals surface area contributed by atoms with Crippen molar-refractivity contribution < 1.29 is 39.4 Å². The van der Waals surface area contributed by atoms with Crippen molar-refractivity contribution >= 4 is 69.2 Å². The fraction of sp³-hybridized carbons (Fsp3) is 0.500. The summed E-state index contributed by atoms with van der Waals surface area (Å²) in [5.74, 6) is 2.73. The molecule has 12 nitrogen and oxygen atoms in total. The monoisotopic (exact) mass is 1520 g/mol. The Bertz CT molecular complexity index is 3890. The average molecular weight is 1520 g/mol. The Morgan fingerprint density at radius 2 is 0.554 bits per heavy atom. The first-order chi connectivity index (χ1) is 55.1. The number of rotatable bonds is 60. The van der Waals surface area contributed by atoms with Gasteiger partial charge in [-0.15, -0.1) is 0 Å². The van der Waals surface area contributed by atoms with Crippen LogP contribution in [0.4, 0.5) is 22.7 Å². The normalized spacial score (nSPS) is 11.8. The fourth-order valence-electron chi connectivity index (χ4n) is 14.7. The summed E-state index contributed by atoms with van der Waals surface area (Å²) in [6.45, 7) is 15.7. The highest BCUT2D eigenvalue weighted by Gasteiger charge is 2.19. The summed E-state index contributed by atoms with van der Waals surface area (Å²) in [5.41, 5.74) is 6.30. The summed E-state index contributed by atoms with van der Waals surface area (Å²) in [7, 11) is 0. The molecule has 0 saturated heterocycles. The van der Waals surface area contributed by atoms with Crippen molar-refractivity contribution in [1.29, 1.82) is 0 Å². The molecule has 0 unspecified atom stereocenters. The predicted octanol–water partition coefficient (Wildman–Crippen LogP) is 29.4. The van der Waals surface area contributed by atoms with Crippen LogP contribution in [0.5, 0.6) is 46.0 Å². The van der Waals surface area contributed by atoms with E-state index in [0.717, 1.165) is 78.5 Å². The maximum atomic E-state index is 12.1. The van der Waals surface area contributed by atoms with Crippen molar-refractivity contribution in [2.75, 3.05) is 26.4 Å². The summed E-state index contributed by atoms with van der Waals surface area (Å²) >= 11 is 0. The van der Waals surface area contributed by atoms with Gasteiger partial charge in [-0.25, -0.2) is 0 Å². The molecule has 112 heavy (non-hydrogen) atoms. The van der Waals surface area contributed by atoms with Gasteiger partial charge in [-0.3, -0.25) is 20.0 Å². The number of unbranched alkanes of at least 4 members (excludes halogenated alkanes) is 36. The molecule has 0 heterocycles.